The molecular weight excluding hydrogens is 332 g/mol. The maximum Gasteiger partial charge on any atom is 0.252 e. The molecule has 1 aliphatic carbocycles. The predicted molar refractivity (Wildman–Crippen MR) is 75.3 cm³/mol. The molecule has 0 heterocycles. The molecule has 1 aliphatic rings. The van der Waals surface area contributed by atoms with Gasteiger partial charge in [0, 0.05) is 23.4 Å². The molecule has 1 saturated carbocycles. The van der Waals surface area contributed by atoms with Crippen molar-refractivity contribution in [3.05, 3.63) is 28.2 Å². The van der Waals surface area contributed by atoms with E-state index in [0.29, 0.717) is 28.6 Å². The van der Waals surface area contributed by atoms with Crippen molar-refractivity contribution in [3.63, 3.8) is 0 Å². The first-order chi connectivity index (χ1) is 9.44. The van der Waals surface area contributed by atoms with Gasteiger partial charge in [0.25, 0.3) is 11.8 Å². The molecule has 0 radical (unpaired) electrons. The number of methoxy groups -OCH3 is 1. The topological polar surface area (TPSA) is 38.3 Å². The number of hydrogen-bond acceptors (Lipinski definition) is 2. The minimum absolute atomic E-state index is 0.00448. The highest BCUT2D eigenvalue weighted by molar-refractivity contribution is 9.10. The van der Waals surface area contributed by atoms with Gasteiger partial charge in [-0.05, 0) is 47.0 Å². The zero-order valence-corrected chi connectivity index (χ0v) is 12.7. The SMILES string of the molecule is COc1ccc(Br)c(C(=O)NC[C@H]2CCCC2(F)F)c1. The van der Waals surface area contributed by atoms with Crippen LogP contribution in [0.5, 0.6) is 5.75 Å². The molecule has 2 rings (SSSR count). The molecule has 3 nitrogen and oxygen atoms in total. The maximum absolute atomic E-state index is 13.5. The summed E-state index contributed by atoms with van der Waals surface area (Å²) in [6.45, 7) is -0.00448. The van der Waals surface area contributed by atoms with E-state index in [4.69, 9.17) is 4.74 Å². The summed E-state index contributed by atoms with van der Waals surface area (Å²) in [5, 5.41) is 2.58. The molecule has 110 valence electrons. The second-order valence-corrected chi connectivity index (χ2v) is 5.76. The molecule has 1 aromatic rings. The van der Waals surface area contributed by atoms with E-state index >= 15 is 0 Å². The zero-order chi connectivity index (χ0) is 14.8. The van der Waals surface area contributed by atoms with E-state index in [2.05, 4.69) is 21.2 Å². The molecule has 1 aromatic carbocycles. The van der Waals surface area contributed by atoms with Crippen LogP contribution in [0.15, 0.2) is 22.7 Å². The molecule has 6 heteroatoms. The van der Waals surface area contributed by atoms with Gasteiger partial charge in [-0.3, -0.25) is 4.79 Å². The molecule has 0 unspecified atom stereocenters. The maximum atomic E-state index is 13.5. The van der Waals surface area contributed by atoms with E-state index in [1.807, 2.05) is 0 Å². The number of benzene rings is 1. The number of carbonyl (C=O) groups is 1. The normalized spacial score (nSPS) is 20.7. The van der Waals surface area contributed by atoms with E-state index in [0.717, 1.165) is 0 Å². The van der Waals surface area contributed by atoms with Gasteiger partial charge in [-0.1, -0.05) is 0 Å². The van der Waals surface area contributed by atoms with Crippen LogP contribution in [-0.4, -0.2) is 25.5 Å². The standard InChI is InChI=1S/C14H16BrF2NO2/c1-20-10-4-5-12(15)11(7-10)13(19)18-8-9-3-2-6-14(9,16)17/h4-5,7,9H,2-3,6,8H2,1H3,(H,18,19)/t9-/m1/s1. The lowest BCUT2D eigenvalue weighted by molar-refractivity contribution is -0.0352. The van der Waals surface area contributed by atoms with Crippen LogP contribution in [0.1, 0.15) is 29.6 Å². The summed E-state index contributed by atoms with van der Waals surface area (Å²) in [6.07, 6.45) is 0.874. The third kappa shape index (κ3) is 3.29. The van der Waals surface area contributed by atoms with Crippen molar-refractivity contribution in [1.29, 1.82) is 0 Å². The molecule has 1 N–H and O–H groups in total. The number of alkyl halides is 2. The lowest BCUT2D eigenvalue weighted by Crippen LogP contribution is -2.35. The van der Waals surface area contributed by atoms with E-state index in [9.17, 15) is 13.6 Å². The van der Waals surface area contributed by atoms with E-state index < -0.39 is 11.8 Å². The first kappa shape index (κ1) is 15.2. The minimum atomic E-state index is -2.67. The van der Waals surface area contributed by atoms with E-state index in [1.165, 1.54) is 7.11 Å². The summed E-state index contributed by atoms with van der Waals surface area (Å²) in [4.78, 5) is 12.1. The lowest BCUT2D eigenvalue weighted by atomic mass is 10.1. The molecule has 20 heavy (non-hydrogen) atoms. The number of carbonyl (C=O) groups excluding carboxylic acids is 1. The molecule has 1 atom stereocenters. The smallest absolute Gasteiger partial charge is 0.252 e. The number of amides is 1. The molecule has 0 bridgehead atoms. The zero-order valence-electron chi connectivity index (χ0n) is 11.1. The molecule has 0 aromatic heterocycles. The third-order valence-corrected chi connectivity index (χ3v) is 4.28. The Hall–Kier alpha value is -1.17. The van der Waals surface area contributed by atoms with Gasteiger partial charge in [-0.2, -0.15) is 0 Å². The second kappa shape index (κ2) is 6.08. The van der Waals surface area contributed by atoms with Crippen molar-refractivity contribution in [2.45, 2.75) is 25.2 Å². The van der Waals surface area contributed by atoms with Gasteiger partial charge >= 0.3 is 0 Å². The Morgan fingerprint density at radius 2 is 2.30 bits per heavy atom. The number of hydrogen-bond donors (Lipinski definition) is 1. The number of ether oxygens (including phenoxy) is 1. The van der Waals surface area contributed by atoms with Gasteiger partial charge in [0.15, 0.2) is 0 Å². The predicted octanol–water partition coefficient (Wildman–Crippen LogP) is 3.62. The van der Waals surface area contributed by atoms with Crippen LogP contribution in [0, 0.1) is 5.92 Å². The van der Waals surface area contributed by atoms with Crippen LogP contribution in [0.4, 0.5) is 8.78 Å². The number of rotatable bonds is 4. The molecule has 0 aliphatic heterocycles. The van der Waals surface area contributed by atoms with Gasteiger partial charge in [-0.15, -0.1) is 0 Å². The fourth-order valence-electron chi connectivity index (χ4n) is 2.37. The van der Waals surface area contributed by atoms with Crippen LogP contribution in [0.3, 0.4) is 0 Å². The van der Waals surface area contributed by atoms with Gasteiger partial charge in [0.1, 0.15) is 5.75 Å². The second-order valence-electron chi connectivity index (χ2n) is 4.91. The Morgan fingerprint density at radius 3 is 2.90 bits per heavy atom. The quantitative estimate of drug-likeness (QED) is 0.903. The minimum Gasteiger partial charge on any atom is -0.497 e. The molecule has 0 spiro atoms. The van der Waals surface area contributed by atoms with E-state index in [-0.39, 0.29) is 18.9 Å². The largest absolute Gasteiger partial charge is 0.497 e. The van der Waals surface area contributed by atoms with Crippen LogP contribution >= 0.6 is 15.9 Å². The van der Waals surface area contributed by atoms with E-state index in [1.54, 1.807) is 18.2 Å². The van der Waals surface area contributed by atoms with Gasteiger partial charge in [-0.25, -0.2) is 8.78 Å². The van der Waals surface area contributed by atoms with Crippen LogP contribution in [-0.2, 0) is 0 Å². The summed E-state index contributed by atoms with van der Waals surface area (Å²) >= 11 is 3.27. The Kier molecular flexibility index (Phi) is 4.62. The molecular formula is C14H16BrF2NO2. The summed E-state index contributed by atoms with van der Waals surface area (Å²) in [6, 6.07) is 4.98. The molecule has 1 fully saturated rings. The van der Waals surface area contributed by atoms with Crippen molar-refractivity contribution in [2.24, 2.45) is 5.92 Å². The summed E-state index contributed by atoms with van der Waals surface area (Å²) in [5.74, 6) is -3.27. The van der Waals surface area contributed by atoms with Gasteiger partial charge in [0.05, 0.1) is 12.7 Å². The number of halogens is 3. The van der Waals surface area contributed by atoms with Crippen molar-refractivity contribution in [2.75, 3.05) is 13.7 Å². The van der Waals surface area contributed by atoms with Gasteiger partial charge in [0.2, 0.25) is 0 Å². The highest BCUT2D eigenvalue weighted by Gasteiger charge is 2.43. The van der Waals surface area contributed by atoms with Crippen LogP contribution in [0.2, 0.25) is 0 Å². The summed E-state index contributed by atoms with van der Waals surface area (Å²) in [7, 11) is 1.50. The third-order valence-electron chi connectivity index (χ3n) is 3.59. The first-order valence-electron chi connectivity index (χ1n) is 6.43. The highest BCUT2D eigenvalue weighted by atomic mass is 79.9. The highest BCUT2D eigenvalue weighted by Crippen LogP contribution is 2.39. The number of nitrogens with one attached hydrogen (secondary N) is 1. The Balaban J connectivity index is 2.02. The van der Waals surface area contributed by atoms with Gasteiger partial charge < -0.3 is 10.1 Å². The molecule has 1 amide bonds. The monoisotopic (exact) mass is 347 g/mol. The fraction of sp³-hybridized carbons (Fsp3) is 0.500. The summed E-state index contributed by atoms with van der Waals surface area (Å²) in [5.41, 5.74) is 0.380. The summed E-state index contributed by atoms with van der Waals surface area (Å²) < 4.78 is 32.6. The average Bonchev–Trinajstić information content (AvgIpc) is 2.75. The van der Waals surface area contributed by atoms with Crippen molar-refractivity contribution >= 4 is 21.8 Å². The fourth-order valence-corrected chi connectivity index (χ4v) is 2.79. The Labute approximate surface area is 124 Å². The van der Waals surface area contributed by atoms with Crippen molar-refractivity contribution in [1.82, 2.24) is 5.32 Å². The first-order valence-corrected chi connectivity index (χ1v) is 7.23. The average molecular weight is 348 g/mol. The van der Waals surface area contributed by atoms with Crippen molar-refractivity contribution < 1.29 is 18.3 Å². The Morgan fingerprint density at radius 1 is 1.55 bits per heavy atom. The Bertz CT molecular complexity index is 508. The lowest BCUT2D eigenvalue weighted by Gasteiger charge is -2.19. The van der Waals surface area contributed by atoms with Crippen LogP contribution < -0.4 is 10.1 Å². The molecule has 0 saturated heterocycles. The van der Waals surface area contributed by atoms with Crippen LogP contribution in [0.25, 0.3) is 0 Å². The van der Waals surface area contributed by atoms with Crippen molar-refractivity contribution in [3.8, 4) is 5.75 Å².